The lowest BCUT2D eigenvalue weighted by molar-refractivity contribution is 0.559. The van der Waals surface area contributed by atoms with Gasteiger partial charge in [-0.3, -0.25) is 9.36 Å². The molecule has 9 heteroatoms. The fourth-order valence-corrected chi connectivity index (χ4v) is 4.42. The summed E-state index contributed by atoms with van der Waals surface area (Å²) < 4.78 is 54.5. The van der Waals surface area contributed by atoms with Crippen LogP contribution in [-0.4, -0.2) is 24.5 Å². The molecular formula is C18H21F2N3O3S. The molecule has 0 radical (unpaired) electrons. The molecule has 0 amide bonds. The highest BCUT2D eigenvalue weighted by atomic mass is 32.2. The maximum atomic E-state index is 13.6. The van der Waals surface area contributed by atoms with Crippen molar-refractivity contribution >= 4 is 10.0 Å². The van der Waals surface area contributed by atoms with Gasteiger partial charge in [-0.2, -0.15) is 0 Å². The number of nitrogens with zero attached hydrogens (tertiary/aromatic N) is 2. The van der Waals surface area contributed by atoms with E-state index in [1.54, 1.807) is 0 Å². The topological polar surface area (TPSA) is 81.1 Å². The van der Waals surface area contributed by atoms with E-state index in [1.807, 2.05) is 0 Å². The molecule has 27 heavy (non-hydrogen) atoms. The van der Waals surface area contributed by atoms with Crippen LogP contribution in [0.3, 0.4) is 0 Å². The van der Waals surface area contributed by atoms with E-state index >= 15 is 0 Å². The number of rotatable bonds is 7. The molecule has 0 spiro atoms. The van der Waals surface area contributed by atoms with Crippen LogP contribution in [0.2, 0.25) is 0 Å². The molecule has 1 fully saturated rings. The third kappa shape index (κ3) is 5.20. The third-order valence-electron chi connectivity index (χ3n) is 4.70. The average Bonchev–Trinajstić information content (AvgIpc) is 3.14. The summed E-state index contributed by atoms with van der Waals surface area (Å²) in [5, 5.41) is 0. The van der Waals surface area contributed by atoms with Crippen LogP contribution in [0.1, 0.15) is 42.9 Å². The lowest BCUT2D eigenvalue weighted by atomic mass is 10.0. The zero-order chi connectivity index (χ0) is 19.4. The summed E-state index contributed by atoms with van der Waals surface area (Å²) in [7, 11) is -3.87. The Morgan fingerprint density at radius 2 is 1.93 bits per heavy atom. The van der Waals surface area contributed by atoms with Crippen molar-refractivity contribution in [2.24, 2.45) is 0 Å². The van der Waals surface area contributed by atoms with Gasteiger partial charge in [0.2, 0.25) is 10.0 Å². The van der Waals surface area contributed by atoms with Crippen LogP contribution in [-0.2, 0) is 22.3 Å². The molecule has 1 N–H and O–H groups in total. The smallest absolute Gasteiger partial charge is 0.253 e. The van der Waals surface area contributed by atoms with Gasteiger partial charge in [-0.1, -0.05) is 12.8 Å². The minimum absolute atomic E-state index is 0.0520. The molecule has 1 aromatic carbocycles. The van der Waals surface area contributed by atoms with Gasteiger partial charge in [-0.25, -0.2) is 26.9 Å². The number of aromatic nitrogens is 2. The first-order chi connectivity index (χ1) is 12.8. The molecule has 0 saturated heterocycles. The summed E-state index contributed by atoms with van der Waals surface area (Å²) >= 11 is 0. The predicted octanol–water partition coefficient (Wildman–Crippen LogP) is 2.30. The maximum Gasteiger partial charge on any atom is 0.253 e. The van der Waals surface area contributed by atoms with Crippen molar-refractivity contribution in [1.82, 2.24) is 14.3 Å². The molecule has 3 rings (SSSR count). The highest BCUT2D eigenvalue weighted by molar-refractivity contribution is 7.88. The summed E-state index contributed by atoms with van der Waals surface area (Å²) in [5.41, 5.74) is 0.306. The molecule has 1 aliphatic rings. The van der Waals surface area contributed by atoms with E-state index in [9.17, 15) is 22.0 Å². The molecule has 146 valence electrons. The Bertz CT molecular complexity index is 970. The number of hydrogen-bond acceptors (Lipinski definition) is 4. The van der Waals surface area contributed by atoms with Gasteiger partial charge < -0.3 is 0 Å². The standard InChI is InChI=1S/C18H21F2N3O3S/c19-15-5-6-16(20)14(9-15)11-27(25,26)22-7-8-23-12-21-17(10-18(23)24)13-3-1-2-4-13/h5-6,9-10,12-13,22H,1-4,7-8,11H2. The zero-order valence-electron chi connectivity index (χ0n) is 14.7. The first kappa shape index (κ1) is 19.6. The minimum Gasteiger partial charge on any atom is -0.298 e. The molecule has 6 nitrogen and oxygen atoms in total. The molecule has 1 saturated carbocycles. The van der Waals surface area contributed by atoms with Crippen LogP contribution in [0.15, 0.2) is 35.4 Å². The van der Waals surface area contributed by atoms with Crippen LogP contribution < -0.4 is 10.3 Å². The fraction of sp³-hybridized carbons (Fsp3) is 0.444. The van der Waals surface area contributed by atoms with Crippen molar-refractivity contribution in [2.45, 2.75) is 43.9 Å². The monoisotopic (exact) mass is 397 g/mol. The summed E-state index contributed by atoms with van der Waals surface area (Å²) in [5.74, 6) is -1.84. The van der Waals surface area contributed by atoms with Crippen LogP contribution in [0.4, 0.5) is 8.78 Å². The molecule has 2 aromatic rings. The van der Waals surface area contributed by atoms with E-state index < -0.39 is 27.4 Å². The van der Waals surface area contributed by atoms with E-state index in [2.05, 4.69) is 9.71 Å². The zero-order valence-corrected chi connectivity index (χ0v) is 15.5. The largest absolute Gasteiger partial charge is 0.298 e. The number of hydrogen-bond donors (Lipinski definition) is 1. The van der Waals surface area contributed by atoms with Crippen molar-refractivity contribution in [3.8, 4) is 0 Å². The highest BCUT2D eigenvalue weighted by Crippen LogP contribution is 2.32. The summed E-state index contributed by atoms with van der Waals surface area (Å²) in [6.45, 7) is 0.0469. The van der Waals surface area contributed by atoms with Gasteiger partial charge in [0.1, 0.15) is 11.6 Å². The lowest BCUT2D eigenvalue weighted by Crippen LogP contribution is -2.32. The van der Waals surface area contributed by atoms with Gasteiger partial charge in [-0.15, -0.1) is 0 Å². The highest BCUT2D eigenvalue weighted by Gasteiger charge is 2.19. The Kier molecular flexibility index (Phi) is 6.01. The minimum atomic E-state index is -3.87. The maximum absolute atomic E-state index is 13.6. The van der Waals surface area contributed by atoms with Crippen LogP contribution in [0.5, 0.6) is 0 Å². The van der Waals surface area contributed by atoms with Gasteiger partial charge in [0.15, 0.2) is 0 Å². The molecule has 0 bridgehead atoms. The van der Waals surface area contributed by atoms with Gasteiger partial charge in [-0.05, 0) is 31.0 Å². The summed E-state index contributed by atoms with van der Waals surface area (Å²) in [4.78, 5) is 16.5. The van der Waals surface area contributed by atoms with Crippen LogP contribution in [0.25, 0.3) is 0 Å². The third-order valence-corrected chi connectivity index (χ3v) is 6.04. The normalized spacial score (nSPS) is 15.3. The van der Waals surface area contributed by atoms with E-state index in [-0.39, 0.29) is 24.2 Å². The molecule has 1 heterocycles. The number of sulfonamides is 1. The van der Waals surface area contributed by atoms with Crippen molar-refractivity contribution in [1.29, 1.82) is 0 Å². The van der Waals surface area contributed by atoms with Gasteiger partial charge in [0.05, 0.1) is 17.8 Å². The van der Waals surface area contributed by atoms with Crippen molar-refractivity contribution in [2.75, 3.05) is 6.54 Å². The Morgan fingerprint density at radius 1 is 1.19 bits per heavy atom. The Labute approximate surface area is 156 Å². The first-order valence-electron chi connectivity index (χ1n) is 8.82. The molecule has 1 aliphatic carbocycles. The van der Waals surface area contributed by atoms with E-state index in [4.69, 9.17) is 0 Å². The second-order valence-corrected chi connectivity index (χ2v) is 8.52. The molecule has 1 aromatic heterocycles. The predicted molar refractivity (Wildman–Crippen MR) is 96.7 cm³/mol. The Morgan fingerprint density at radius 3 is 2.63 bits per heavy atom. The van der Waals surface area contributed by atoms with Crippen LogP contribution in [0, 0.1) is 11.6 Å². The fourth-order valence-electron chi connectivity index (χ4n) is 3.28. The SMILES string of the molecule is O=c1cc(C2CCCC2)ncn1CCNS(=O)(=O)Cc1cc(F)ccc1F. The Balaban J connectivity index is 1.58. The summed E-state index contributed by atoms with van der Waals surface area (Å²) in [6, 6.07) is 4.17. The van der Waals surface area contributed by atoms with E-state index in [1.165, 1.54) is 17.0 Å². The summed E-state index contributed by atoms with van der Waals surface area (Å²) in [6.07, 6.45) is 5.78. The number of benzene rings is 1. The van der Waals surface area contributed by atoms with E-state index in [0.29, 0.717) is 5.92 Å². The van der Waals surface area contributed by atoms with Crippen LogP contribution >= 0.6 is 0 Å². The molecular weight excluding hydrogens is 376 g/mol. The molecule has 0 unspecified atom stereocenters. The van der Waals surface area contributed by atoms with Gasteiger partial charge in [0.25, 0.3) is 5.56 Å². The quantitative estimate of drug-likeness (QED) is 0.777. The van der Waals surface area contributed by atoms with E-state index in [0.717, 1.165) is 49.6 Å². The van der Waals surface area contributed by atoms with Gasteiger partial charge in [0, 0.05) is 30.6 Å². The molecule has 0 aliphatic heterocycles. The first-order valence-corrected chi connectivity index (χ1v) is 10.5. The second kappa shape index (κ2) is 8.26. The van der Waals surface area contributed by atoms with Crippen molar-refractivity contribution < 1.29 is 17.2 Å². The second-order valence-electron chi connectivity index (χ2n) is 6.72. The molecule has 0 atom stereocenters. The van der Waals surface area contributed by atoms with Crippen molar-refractivity contribution in [3.05, 3.63) is 63.8 Å². The lowest BCUT2D eigenvalue weighted by Gasteiger charge is -2.11. The average molecular weight is 397 g/mol. The number of nitrogens with one attached hydrogen (secondary N) is 1. The van der Waals surface area contributed by atoms with Gasteiger partial charge >= 0.3 is 0 Å². The van der Waals surface area contributed by atoms with Crippen molar-refractivity contribution in [3.63, 3.8) is 0 Å². The number of halogens is 2. The Hall–Kier alpha value is -2.13.